The number of benzene rings is 1. The minimum absolute atomic E-state index is 0.0201. The summed E-state index contributed by atoms with van der Waals surface area (Å²) in [6.45, 7) is 3.29. The number of carbonyl (C=O) groups is 2. The van der Waals surface area contributed by atoms with Gasteiger partial charge in [0.25, 0.3) is 5.91 Å². The average Bonchev–Trinajstić information content (AvgIpc) is 3.10. The molecule has 0 fully saturated rings. The van der Waals surface area contributed by atoms with Crippen molar-refractivity contribution < 1.29 is 35.9 Å². The summed E-state index contributed by atoms with van der Waals surface area (Å²) >= 11 is 0. The van der Waals surface area contributed by atoms with Gasteiger partial charge in [0.2, 0.25) is 5.91 Å². The molecule has 0 aliphatic carbocycles. The molecular formula is C20H17F6N5O2. The molecule has 2 amide bonds. The summed E-state index contributed by atoms with van der Waals surface area (Å²) in [7, 11) is 0. The Kier molecular flexibility index (Phi) is 6.09. The Labute approximate surface area is 182 Å². The van der Waals surface area contributed by atoms with Crippen molar-refractivity contribution in [3.63, 3.8) is 0 Å². The van der Waals surface area contributed by atoms with Gasteiger partial charge in [0.15, 0.2) is 5.65 Å². The summed E-state index contributed by atoms with van der Waals surface area (Å²) in [4.78, 5) is 28.1. The first kappa shape index (κ1) is 24.0. The summed E-state index contributed by atoms with van der Waals surface area (Å²) in [5, 5.41) is 6.13. The highest BCUT2D eigenvalue weighted by atomic mass is 19.4. The maximum atomic E-state index is 13.0. The highest BCUT2D eigenvalue weighted by Gasteiger charge is 2.37. The molecule has 0 radical (unpaired) electrons. The van der Waals surface area contributed by atoms with Crippen LogP contribution in [0, 0.1) is 13.8 Å². The van der Waals surface area contributed by atoms with E-state index in [1.807, 2.05) is 0 Å². The number of carbonyl (C=O) groups excluding carboxylic acids is 2. The molecular weight excluding hydrogens is 456 g/mol. The second-order valence-electron chi connectivity index (χ2n) is 7.26. The molecule has 3 aromatic rings. The maximum Gasteiger partial charge on any atom is 0.416 e. The van der Waals surface area contributed by atoms with Crippen LogP contribution in [0.3, 0.4) is 0 Å². The Hall–Kier alpha value is -3.64. The fourth-order valence-electron chi connectivity index (χ4n) is 3.34. The fourth-order valence-corrected chi connectivity index (χ4v) is 3.34. The highest BCUT2D eigenvalue weighted by molar-refractivity contribution is 5.98. The zero-order valence-electron chi connectivity index (χ0n) is 17.2. The lowest BCUT2D eigenvalue weighted by atomic mass is 10.1. The molecule has 176 valence electrons. The molecule has 13 heteroatoms. The number of aromatic nitrogens is 3. The number of primary amides is 1. The van der Waals surface area contributed by atoms with E-state index in [4.69, 9.17) is 5.73 Å². The number of fused-ring (bicyclic) bond motifs is 1. The number of hydrogen-bond donors (Lipinski definition) is 2. The molecule has 1 aromatic carbocycles. The number of nitrogens with one attached hydrogen (secondary N) is 1. The van der Waals surface area contributed by atoms with E-state index < -0.39 is 41.0 Å². The number of aryl methyl sites for hydroxylation is 2. The Morgan fingerprint density at radius 3 is 2.12 bits per heavy atom. The van der Waals surface area contributed by atoms with Crippen LogP contribution >= 0.6 is 0 Å². The van der Waals surface area contributed by atoms with Crippen molar-refractivity contribution in [2.24, 2.45) is 5.73 Å². The Morgan fingerprint density at radius 1 is 1.03 bits per heavy atom. The predicted octanol–water partition coefficient (Wildman–Crippen LogP) is 4.05. The van der Waals surface area contributed by atoms with Gasteiger partial charge in [-0.05, 0) is 44.0 Å². The largest absolute Gasteiger partial charge is 0.416 e. The van der Waals surface area contributed by atoms with Crippen LogP contribution in [0.25, 0.3) is 5.65 Å². The van der Waals surface area contributed by atoms with Crippen LogP contribution in [-0.4, -0.2) is 26.4 Å². The average molecular weight is 473 g/mol. The molecule has 2 heterocycles. The topological polar surface area (TPSA) is 102 Å². The first-order valence-electron chi connectivity index (χ1n) is 9.41. The first-order valence-corrected chi connectivity index (χ1v) is 9.41. The monoisotopic (exact) mass is 473 g/mol. The zero-order chi connectivity index (χ0) is 24.7. The van der Waals surface area contributed by atoms with Gasteiger partial charge in [0, 0.05) is 23.5 Å². The van der Waals surface area contributed by atoms with Crippen LogP contribution in [-0.2, 0) is 23.6 Å². The molecule has 3 rings (SSSR count). The SMILES string of the molecule is Cc1nc2c(C(N)=O)cnn2c(C)c1CCC(=O)Nc1cc(C(F)(F)F)cc(C(F)(F)F)c1. The number of amides is 2. The minimum Gasteiger partial charge on any atom is -0.365 e. The standard InChI is InChI=1S/C20H17F6N5O2/c1-9-14(10(2)31-18(29-9)15(8-28-31)17(27)33)3-4-16(32)30-13-6-11(19(21,22)23)5-12(7-13)20(24,25)26/h5-8H,3-4H2,1-2H3,(H2,27,33)(H,30,32). The number of halogens is 6. The van der Waals surface area contributed by atoms with Crippen molar-refractivity contribution >= 4 is 23.1 Å². The molecule has 3 N–H and O–H groups in total. The molecule has 0 saturated carbocycles. The van der Waals surface area contributed by atoms with Gasteiger partial charge in [-0.15, -0.1) is 0 Å². The van der Waals surface area contributed by atoms with Crippen LogP contribution in [0.1, 0.15) is 44.9 Å². The van der Waals surface area contributed by atoms with Crippen LogP contribution in [0.4, 0.5) is 32.0 Å². The third-order valence-electron chi connectivity index (χ3n) is 4.95. The molecule has 7 nitrogen and oxygen atoms in total. The van der Waals surface area contributed by atoms with Gasteiger partial charge in [-0.1, -0.05) is 0 Å². The van der Waals surface area contributed by atoms with E-state index in [-0.39, 0.29) is 30.1 Å². The number of nitrogens with two attached hydrogens (primary N) is 1. The molecule has 0 bridgehead atoms. The minimum atomic E-state index is -5.02. The third kappa shape index (κ3) is 5.07. The maximum absolute atomic E-state index is 13.0. The lowest BCUT2D eigenvalue weighted by molar-refractivity contribution is -0.143. The van der Waals surface area contributed by atoms with E-state index in [0.29, 0.717) is 29.1 Å². The number of alkyl halides is 6. The van der Waals surface area contributed by atoms with Crippen molar-refractivity contribution in [1.29, 1.82) is 0 Å². The van der Waals surface area contributed by atoms with Gasteiger partial charge in [-0.25, -0.2) is 9.50 Å². The quantitative estimate of drug-likeness (QED) is 0.546. The molecule has 0 unspecified atom stereocenters. The van der Waals surface area contributed by atoms with Crippen LogP contribution in [0.2, 0.25) is 0 Å². The second kappa shape index (κ2) is 8.37. The summed E-state index contributed by atoms with van der Waals surface area (Å²) in [6.07, 6.45) is -8.98. The number of rotatable bonds is 5. The van der Waals surface area contributed by atoms with E-state index in [0.717, 1.165) is 0 Å². The van der Waals surface area contributed by atoms with Gasteiger partial charge < -0.3 is 11.1 Å². The smallest absolute Gasteiger partial charge is 0.365 e. The van der Waals surface area contributed by atoms with Gasteiger partial charge in [-0.3, -0.25) is 9.59 Å². The Balaban J connectivity index is 1.82. The van der Waals surface area contributed by atoms with Gasteiger partial charge in [-0.2, -0.15) is 31.4 Å². The molecule has 0 aliphatic rings. The zero-order valence-corrected chi connectivity index (χ0v) is 17.2. The third-order valence-corrected chi connectivity index (χ3v) is 4.95. The highest BCUT2D eigenvalue weighted by Crippen LogP contribution is 2.37. The summed E-state index contributed by atoms with van der Waals surface area (Å²) in [5.41, 5.74) is 3.54. The Morgan fingerprint density at radius 2 is 1.61 bits per heavy atom. The first-order chi connectivity index (χ1) is 15.2. The summed E-state index contributed by atoms with van der Waals surface area (Å²) < 4.78 is 79.3. The molecule has 0 aliphatic heterocycles. The predicted molar refractivity (Wildman–Crippen MR) is 104 cm³/mol. The molecule has 33 heavy (non-hydrogen) atoms. The van der Waals surface area contributed by atoms with E-state index in [1.54, 1.807) is 13.8 Å². The van der Waals surface area contributed by atoms with Crippen LogP contribution in [0.15, 0.2) is 24.4 Å². The van der Waals surface area contributed by atoms with Crippen molar-refractivity contribution in [2.75, 3.05) is 5.32 Å². The summed E-state index contributed by atoms with van der Waals surface area (Å²) in [5.74, 6) is -1.51. The second-order valence-corrected chi connectivity index (χ2v) is 7.26. The fraction of sp³-hybridized carbons (Fsp3) is 0.300. The van der Waals surface area contributed by atoms with Crippen molar-refractivity contribution in [1.82, 2.24) is 14.6 Å². The van der Waals surface area contributed by atoms with Crippen LogP contribution < -0.4 is 11.1 Å². The van der Waals surface area contributed by atoms with Crippen LogP contribution in [0.5, 0.6) is 0 Å². The summed E-state index contributed by atoms with van der Waals surface area (Å²) in [6, 6.07) is 0.854. The van der Waals surface area contributed by atoms with Crippen molar-refractivity contribution in [3.8, 4) is 0 Å². The van der Waals surface area contributed by atoms with Crippen molar-refractivity contribution in [2.45, 2.75) is 39.0 Å². The van der Waals surface area contributed by atoms with E-state index in [1.165, 1.54) is 10.7 Å². The van der Waals surface area contributed by atoms with Gasteiger partial charge >= 0.3 is 12.4 Å². The normalized spacial score (nSPS) is 12.2. The molecule has 0 atom stereocenters. The lowest BCUT2D eigenvalue weighted by Crippen LogP contribution is -2.17. The Bertz CT molecular complexity index is 1210. The lowest BCUT2D eigenvalue weighted by Gasteiger charge is -2.15. The van der Waals surface area contributed by atoms with E-state index in [2.05, 4.69) is 15.4 Å². The molecule has 0 spiro atoms. The van der Waals surface area contributed by atoms with Gasteiger partial charge in [0.05, 0.1) is 17.3 Å². The van der Waals surface area contributed by atoms with E-state index >= 15 is 0 Å². The van der Waals surface area contributed by atoms with Gasteiger partial charge in [0.1, 0.15) is 5.56 Å². The molecule has 0 saturated heterocycles. The van der Waals surface area contributed by atoms with E-state index in [9.17, 15) is 35.9 Å². The molecule has 2 aromatic heterocycles. The van der Waals surface area contributed by atoms with Crippen molar-refractivity contribution in [3.05, 3.63) is 58.0 Å². The number of anilines is 1. The number of nitrogens with zero attached hydrogens (tertiary/aromatic N) is 3. The number of hydrogen-bond acceptors (Lipinski definition) is 4.